The zero-order valence-corrected chi connectivity index (χ0v) is 28.7. The van der Waals surface area contributed by atoms with E-state index in [1.165, 1.54) is 7.11 Å². The molecule has 6 rings (SSSR count). The number of carbonyl (C=O) groups excluding carboxylic acids is 1. The van der Waals surface area contributed by atoms with E-state index in [4.69, 9.17) is 21.1 Å². The Labute approximate surface area is 292 Å². The molecule has 0 aliphatic heterocycles. The monoisotopic (exact) mass is 692 g/mol. The molecule has 0 unspecified atom stereocenters. The topological polar surface area (TPSA) is 86.6 Å². The molecule has 1 aromatic heterocycles. The molecule has 0 atom stereocenters. The first-order valence-corrected chi connectivity index (χ1v) is 18.1. The van der Waals surface area contributed by atoms with Crippen LogP contribution in [0.2, 0.25) is 5.02 Å². The highest BCUT2D eigenvalue weighted by Crippen LogP contribution is 2.38. The summed E-state index contributed by atoms with van der Waals surface area (Å²) in [7, 11) is -2.30. The SMILES string of the molecule is COC(=O)c1ccc(OCCc2c(CCS(=O)(=O)NCc3ccccc3)n(C(c3ccccc3)c3ccccc3)c3ccc(Cl)cc23)cc1. The molecule has 1 heterocycles. The fourth-order valence-electron chi connectivity index (χ4n) is 6.18. The van der Waals surface area contributed by atoms with Crippen LogP contribution in [0.25, 0.3) is 10.9 Å². The van der Waals surface area contributed by atoms with Crippen molar-refractivity contribution < 1.29 is 22.7 Å². The normalized spacial score (nSPS) is 11.6. The number of methoxy groups -OCH3 is 1. The average Bonchev–Trinajstić information content (AvgIpc) is 3.43. The summed E-state index contributed by atoms with van der Waals surface area (Å²) in [6, 6.07) is 42.3. The smallest absolute Gasteiger partial charge is 0.337 e. The number of aromatic nitrogens is 1. The van der Waals surface area contributed by atoms with Crippen molar-refractivity contribution >= 4 is 38.5 Å². The van der Waals surface area contributed by atoms with Gasteiger partial charge in [-0.05, 0) is 64.7 Å². The van der Waals surface area contributed by atoms with E-state index in [1.54, 1.807) is 24.3 Å². The van der Waals surface area contributed by atoms with Gasteiger partial charge in [0.2, 0.25) is 10.0 Å². The number of carbonyl (C=O) groups is 1. The van der Waals surface area contributed by atoms with Gasteiger partial charge in [0.15, 0.2) is 0 Å². The number of benzene rings is 5. The van der Waals surface area contributed by atoms with Gasteiger partial charge in [-0.15, -0.1) is 0 Å². The summed E-state index contributed by atoms with van der Waals surface area (Å²) in [6.45, 7) is 0.532. The highest BCUT2D eigenvalue weighted by molar-refractivity contribution is 7.89. The number of sulfonamides is 1. The third-order valence-corrected chi connectivity index (χ3v) is 10.1. The third kappa shape index (κ3) is 8.23. The van der Waals surface area contributed by atoms with E-state index >= 15 is 0 Å². The number of esters is 1. The van der Waals surface area contributed by atoms with E-state index in [1.807, 2.05) is 84.9 Å². The quantitative estimate of drug-likeness (QED) is 0.117. The molecule has 6 aromatic rings. The van der Waals surface area contributed by atoms with Gasteiger partial charge in [-0.2, -0.15) is 0 Å². The zero-order valence-electron chi connectivity index (χ0n) is 27.1. The molecular formula is C40H37ClN2O5S. The number of ether oxygens (including phenoxy) is 2. The fraction of sp³-hybridized carbons (Fsp3) is 0.175. The van der Waals surface area contributed by atoms with Gasteiger partial charge >= 0.3 is 5.97 Å². The molecule has 250 valence electrons. The van der Waals surface area contributed by atoms with Crippen molar-refractivity contribution in [3.63, 3.8) is 0 Å². The fourth-order valence-corrected chi connectivity index (χ4v) is 7.35. The molecule has 0 bridgehead atoms. The second kappa shape index (κ2) is 15.6. The lowest BCUT2D eigenvalue weighted by Gasteiger charge is -2.25. The van der Waals surface area contributed by atoms with Crippen LogP contribution >= 0.6 is 11.6 Å². The Balaban J connectivity index is 1.41. The van der Waals surface area contributed by atoms with Crippen molar-refractivity contribution in [1.29, 1.82) is 0 Å². The van der Waals surface area contributed by atoms with Crippen molar-refractivity contribution in [2.45, 2.75) is 25.4 Å². The molecule has 0 spiro atoms. The van der Waals surface area contributed by atoms with Crippen LogP contribution in [0.1, 0.15) is 44.3 Å². The van der Waals surface area contributed by atoms with E-state index in [0.717, 1.165) is 38.9 Å². The lowest BCUT2D eigenvalue weighted by atomic mass is 9.97. The Morgan fingerprint density at radius 3 is 2.02 bits per heavy atom. The number of hydrogen-bond acceptors (Lipinski definition) is 5. The molecule has 0 amide bonds. The van der Waals surface area contributed by atoms with Crippen LogP contribution < -0.4 is 9.46 Å². The molecule has 9 heteroatoms. The first-order chi connectivity index (χ1) is 23.8. The third-order valence-electron chi connectivity index (χ3n) is 8.51. The van der Waals surface area contributed by atoms with Crippen LogP contribution in [0.4, 0.5) is 0 Å². The summed E-state index contributed by atoms with van der Waals surface area (Å²) in [4.78, 5) is 11.9. The highest BCUT2D eigenvalue weighted by Gasteiger charge is 2.27. The Morgan fingerprint density at radius 1 is 0.796 bits per heavy atom. The maximum absolute atomic E-state index is 13.5. The lowest BCUT2D eigenvalue weighted by molar-refractivity contribution is 0.0600. The van der Waals surface area contributed by atoms with E-state index in [9.17, 15) is 13.2 Å². The largest absolute Gasteiger partial charge is 0.493 e. The maximum atomic E-state index is 13.5. The molecule has 5 aromatic carbocycles. The minimum atomic E-state index is -3.65. The maximum Gasteiger partial charge on any atom is 0.337 e. The minimum Gasteiger partial charge on any atom is -0.493 e. The number of nitrogens with one attached hydrogen (secondary N) is 1. The Morgan fingerprint density at radius 2 is 1.41 bits per heavy atom. The van der Waals surface area contributed by atoms with Crippen molar-refractivity contribution in [1.82, 2.24) is 9.29 Å². The Kier molecular flexibility index (Phi) is 10.8. The summed E-state index contributed by atoms with van der Waals surface area (Å²) in [5, 5.41) is 1.53. The van der Waals surface area contributed by atoms with Crippen LogP contribution in [0, 0.1) is 0 Å². The number of halogens is 1. The van der Waals surface area contributed by atoms with Crippen LogP contribution in [-0.4, -0.2) is 38.4 Å². The molecule has 0 saturated heterocycles. The van der Waals surface area contributed by atoms with Gasteiger partial charge in [0, 0.05) is 41.0 Å². The summed E-state index contributed by atoms with van der Waals surface area (Å²) >= 11 is 6.61. The molecule has 0 aliphatic rings. The highest BCUT2D eigenvalue weighted by atomic mass is 35.5. The molecule has 0 fully saturated rings. The standard InChI is InChI=1S/C40H37ClN2O5S/c1-47-40(44)32-17-20-34(21-18-32)48-25-23-35-36-27-33(41)19-22-37(36)43(39(30-13-7-3-8-14-30)31-15-9-4-10-16-31)38(35)24-26-49(45,46)42-28-29-11-5-2-6-12-29/h2-22,27,39,42H,23-26,28H2,1H3. The number of fused-ring (bicyclic) bond motifs is 1. The van der Waals surface area contributed by atoms with Gasteiger partial charge in [-0.3, -0.25) is 0 Å². The van der Waals surface area contributed by atoms with Crippen molar-refractivity contribution in [3.05, 3.63) is 172 Å². The lowest BCUT2D eigenvalue weighted by Crippen LogP contribution is -2.28. The minimum absolute atomic E-state index is 0.108. The average molecular weight is 693 g/mol. The summed E-state index contributed by atoms with van der Waals surface area (Å²) in [5.74, 6) is 0.0823. The molecule has 0 aliphatic carbocycles. The molecule has 1 N–H and O–H groups in total. The number of hydrogen-bond donors (Lipinski definition) is 1. The van der Waals surface area contributed by atoms with Crippen LogP contribution in [0.5, 0.6) is 5.75 Å². The molecule has 49 heavy (non-hydrogen) atoms. The summed E-state index contributed by atoms with van der Waals surface area (Å²) < 4.78 is 43.0. The first kappa shape index (κ1) is 34.0. The van der Waals surface area contributed by atoms with E-state index < -0.39 is 16.0 Å². The van der Waals surface area contributed by atoms with Gasteiger partial charge in [-0.1, -0.05) is 103 Å². The van der Waals surface area contributed by atoms with Crippen LogP contribution in [0.15, 0.2) is 133 Å². The Bertz CT molecular complexity index is 2080. The predicted octanol–water partition coefficient (Wildman–Crippen LogP) is 8.00. The van der Waals surface area contributed by atoms with Crippen LogP contribution in [-0.2, 0) is 34.1 Å². The van der Waals surface area contributed by atoms with Crippen molar-refractivity contribution in [2.24, 2.45) is 0 Å². The van der Waals surface area contributed by atoms with E-state index in [-0.39, 0.29) is 24.8 Å². The zero-order chi connectivity index (χ0) is 34.2. The molecule has 7 nitrogen and oxygen atoms in total. The van der Waals surface area contributed by atoms with Gasteiger partial charge in [-0.25, -0.2) is 17.9 Å². The number of nitrogens with zero attached hydrogens (tertiary/aromatic N) is 1. The van der Waals surface area contributed by atoms with Gasteiger partial charge in [0.05, 0.1) is 31.1 Å². The summed E-state index contributed by atoms with van der Waals surface area (Å²) in [6.07, 6.45) is 0.751. The predicted molar refractivity (Wildman–Crippen MR) is 195 cm³/mol. The van der Waals surface area contributed by atoms with Gasteiger partial charge in [0.25, 0.3) is 0 Å². The summed E-state index contributed by atoms with van der Waals surface area (Å²) in [5.41, 5.74) is 6.28. The van der Waals surface area contributed by atoms with Gasteiger partial charge in [0.1, 0.15) is 5.75 Å². The molecule has 0 radical (unpaired) electrons. The first-order valence-electron chi connectivity index (χ1n) is 16.1. The van der Waals surface area contributed by atoms with Crippen molar-refractivity contribution in [2.75, 3.05) is 19.5 Å². The van der Waals surface area contributed by atoms with Gasteiger partial charge < -0.3 is 14.0 Å². The number of rotatable bonds is 14. The van der Waals surface area contributed by atoms with E-state index in [0.29, 0.717) is 29.4 Å². The second-order valence-corrected chi connectivity index (χ2v) is 14.0. The van der Waals surface area contributed by atoms with Crippen LogP contribution in [0.3, 0.4) is 0 Å². The Hall–Kier alpha value is -4.89. The van der Waals surface area contributed by atoms with Crippen molar-refractivity contribution in [3.8, 4) is 5.75 Å². The molecular weight excluding hydrogens is 656 g/mol. The second-order valence-electron chi connectivity index (χ2n) is 11.7. The molecule has 0 saturated carbocycles. The van der Waals surface area contributed by atoms with E-state index in [2.05, 4.69) is 33.6 Å².